The Morgan fingerprint density at radius 2 is 1.61 bits per heavy atom. The summed E-state index contributed by atoms with van der Waals surface area (Å²) in [4.78, 5) is 12.4. The third kappa shape index (κ3) is 5.96. The maximum absolute atomic E-state index is 13.5. The molecule has 0 atom stereocenters. The molecule has 3 aliphatic carbocycles. The van der Waals surface area contributed by atoms with Crippen LogP contribution in [0.15, 0.2) is 36.4 Å². The quantitative estimate of drug-likeness (QED) is 0.299. The van der Waals surface area contributed by atoms with Gasteiger partial charge in [0.1, 0.15) is 29.7 Å². The highest BCUT2D eigenvalue weighted by molar-refractivity contribution is 6.31. The summed E-state index contributed by atoms with van der Waals surface area (Å²) in [5, 5.41) is 0.0988. The number of ether oxygens (including phenoxy) is 2. The molecule has 2 aromatic rings. The first-order valence-corrected chi connectivity index (χ1v) is 11.7. The molecule has 33 heavy (non-hydrogen) atoms. The molecule has 3 fully saturated rings. The number of fused-ring (bicyclic) bond motifs is 1. The number of nitrogens with one attached hydrogen (secondary N) is 2. The van der Waals surface area contributed by atoms with Crippen molar-refractivity contribution in [1.29, 1.82) is 0 Å². The number of benzene rings is 2. The number of hydrogen-bond donors (Lipinski definition) is 2. The molecule has 2 aromatic carbocycles. The summed E-state index contributed by atoms with van der Waals surface area (Å²) in [5.41, 5.74) is 6.74. The van der Waals surface area contributed by atoms with Gasteiger partial charge in [-0.25, -0.2) is 8.78 Å². The van der Waals surface area contributed by atoms with Gasteiger partial charge < -0.3 is 9.47 Å². The fourth-order valence-electron chi connectivity index (χ4n) is 4.97. The molecule has 0 unspecified atom stereocenters. The van der Waals surface area contributed by atoms with Crippen LogP contribution < -0.4 is 20.3 Å². The van der Waals surface area contributed by atoms with Crippen molar-refractivity contribution in [2.75, 3.05) is 19.8 Å². The van der Waals surface area contributed by atoms with E-state index in [9.17, 15) is 13.6 Å². The normalized spacial score (nSPS) is 23.3. The molecule has 2 N–H and O–H groups in total. The number of halogens is 4. The number of carbonyl (C=O) groups is 1. The molecular formula is C24H26Cl2F2N2O3. The van der Waals surface area contributed by atoms with Crippen molar-refractivity contribution < 1.29 is 23.0 Å². The summed E-state index contributed by atoms with van der Waals surface area (Å²) >= 11 is 11.3. The van der Waals surface area contributed by atoms with Crippen molar-refractivity contribution in [3.8, 4) is 11.5 Å². The van der Waals surface area contributed by atoms with E-state index in [2.05, 4.69) is 10.9 Å². The highest BCUT2D eigenvalue weighted by Gasteiger charge is 2.60. The number of carbonyl (C=O) groups excluding carboxylic acids is 1. The first-order valence-electron chi connectivity index (χ1n) is 11.0. The Labute approximate surface area is 201 Å². The summed E-state index contributed by atoms with van der Waals surface area (Å²) in [5.74, 6) is -0.286. The monoisotopic (exact) mass is 498 g/mol. The van der Waals surface area contributed by atoms with Gasteiger partial charge >= 0.3 is 0 Å². The lowest BCUT2D eigenvalue weighted by Gasteiger charge is -2.47. The lowest BCUT2D eigenvalue weighted by atomic mass is 9.63. The topological polar surface area (TPSA) is 59.6 Å². The highest BCUT2D eigenvalue weighted by atomic mass is 35.5. The molecule has 9 heteroatoms. The summed E-state index contributed by atoms with van der Waals surface area (Å²) in [6, 6.07) is 8.54. The molecule has 2 bridgehead atoms. The Morgan fingerprint density at radius 1 is 0.970 bits per heavy atom. The smallest absolute Gasteiger partial charge is 0.170 e. The predicted octanol–water partition coefficient (Wildman–Crippen LogP) is 5.49. The lowest BCUT2D eigenvalue weighted by Crippen LogP contribution is -2.59. The van der Waals surface area contributed by atoms with Crippen molar-refractivity contribution in [3.05, 3.63) is 58.1 Å². The summed E-state index contributed by atoms with van der Waals surface area (Å²) < 4.78 is 37.9. The third-order valence-corrected chi connectivity index (χ3v) is 7.00. The van der Waals surface area contributed by atoms with Crippen LogP contribution in [-0.4, -0.2) is 31.1 Å². The van der Waals surface area contributed by atoms with E-state index in [-0.39, 0.29) is 33.4 Å². The molecule has 0 amide bonds. The van der Waals surface area contributed by atoms with Gasteiger partial charge in [0.05, 0.1) is 16.7 Å². The largest absolute Gasteiger partial charge is 0.493 e. The van der Waals surface area contributed by atoms with E-state index in [1.165, 1.54) is 24.3 Å². The Bertz CT molecular complexity index is 1020. The van der Waals surface area contributed by atoms with E-state index in [0.717, 1.165) is 32.1 Å². The SMILES string of the molecule is O=C(COc1ccc(Cl)c(F)c1)CC12CCC(NNCCCOc3ccc(Cl)c(F)c3)(C1)C2. The molecule has 0 saturated heterocycles. The van der Waals surface area contributed by atoms with E-state index in [1.807, 2.05) is 0 Å². The zero-order chi connectivity index (χ0) is 23.5. The standard InChI is InChI=1S/C24H26Cl2F2N2O3/c25-19-4-2-17(10-21(19)27)32-9-1-8-29-30-24-7-6-23(14-24,15-24)12-16(31)13-33-18-3-5-20(26)22(28)11-18/h2-5,10-11,29-30H,1,6-9,12-15H2. The van der Waals surface area contributed by atoms with Crippen LogP contribution >= 0.6 is 23.2 Å². The van der Waals surface area contributed by atoms with Crippen LogP contribution in [0.3, 0.4) is 0 Å². The van der Waals surface area contributed by atoms with Crippen molar-refractivity contribution in [3.63, 3.8) is 0 Å². The fourth-order valence-corrected chi connectivity index (χ4v) is 5.21. The van der Waals surface area contributed by atoms with Crippen molar-refractivity contribution in [1.82, 2.24) is 10.9 Å². The van der Waals surface area contributed by atoms with Crippen LogP contribution in [0.2, 0.25) is 10.0 Å². The molecule has 3 saturated carbocycles. The van der Waals surface area contributed by atoms with Crippen molar-refractivity contribution in [2.45, 2.75) is 44.1 Å². The van der Waals surface area contributed by atoms with Gasteiger partial charge in [-0.05, 0) is 61.8 Å². The van der Waals surface area contributed by atoms with E-state index >= 15 is 0 Å². The highest BCUT2D eigenvalue weighted by Crippen LogP contribution is 2.63. The number of rotatable bonds is 12. The summed E-state index contributed by atoms with van der Waals surface area (Å²) in [7, 11) is 0. The van der Waals surface area contributed by atoms with E-state index < -0.39 is 11.6 Å². The van der Waals surface area contributed by atoms with Gasteiger partial charge in [-0.2, -0.15) is 0 Å². The molecule has 178 valence electrons. The number of hydrazine groups is 1. The van der Waals surface area contributed by atoms with Crippen LogP contribution in [0.4, 0.5) is 8.78 Å². The van der Waals surface area contributed by atoms with Crippen molar-refractivity contribution in [2.24, 2.45) is 5.41 Å². The third-order valence-electron chi connectivity index (χ3n) is 6.38. The van der Waals surface area contributed by atoms with Gasteiger partial charge in [-0.15, -0.1) is 0 Å². The Balaban J connectivity index is 1.11. The van der Waals surface area contributed by atoms with Crippen LogP contribution in [-0.2, 0) is 4.79 Å². The molecule has 5 nitrogen and oxygen atoms in total. The molecular weight excluding hydrogens is 473 g/mol. The second-order valence-corrected chi connectivity index (χ2v) is 9.86. The van der Waals surface area contributed by atoms with Crippen LogP contribution in [0.25, 0.3) is 0 Å². The van der Waals surface area contributed by atoms with Crippen LogP contribution in [0, 0.1) is 17.0 Å². The Kier molecular flexibility index (Phi) is 7.43. The van der Waals surface area contributed by atoms with Gasteiger partial charge in [-0.1, -0.05) is 23.2 Å². The minimum Gasteiger partial charge on any atom is -0.493 e. The summed E-state index contributed by atoms with van der Waals surface area (Å²) in [6.07, 6.45) is 5.10. The minimum absolute atomic E-state index is 0.0182. The number of hydrogen-bond acceptors (Lipinski definition) is 5. The average Bonchev–Trinajstić information content (AvgIpc) is 3.29. The average molecular weight is 499 g/mol. The van der Waals surface area contributed by atoms with E-state index in [0.29, 0.717) is 31.1 Å². The van der Waals surface area contributed by atoms with Crippen LogP contribution in [0.1, 0.15) is 38.5 Å². The second kappa shape index (κ2) is 10.1. The number of Topliss-reactive ketones (excluding diaryl/α,β-unsaturated/α-hetero) is 1. The first-order chi connectivity index (χ1) is 15.8. The Hall–Kier alpha value is -1.93. The Morgan fingerprint density at radius 3 is 2.24 bits per heavy atom. The second-order valence-electron chi connectivity index (χ2n) is 9.04. The summed E-state index contributed by atoms with van der Waals surface area (Å²) in [6.45, 7) is 1.09. The van der Waals surface area contributed by atoms with Gasteiger partial charge in [0.2, 0.25) is 0 Å². The zero-order valence-electron chi connectivity index (χ0n) is 18.1. The van der Waals surface area contributed by atoms with Gasteiger partial charge in [0.25, 0.3) is 0 Å². The lowest BCUT2D eigenvalue weighted by molar-refractivity contribution is -0.125. The fraction of sp³-hybridized carbons (Fsp3) is 0.458. The minimum atomic E-state index is -0.566. The molecule has 0 spiro atoms. The maximum atomic E-state index is 13.5. The number of ketones is 1. The van der Waals surface area contributed by atoms with Gasteiger partial charge in [0.15, 0.2) is 5.78 Å². The van der Waals surface area contributed by atoms with E-state index in [1.54, 1.807) is 12.1 Å². The molecule has 5 rings (SSSR count). The van der Waals surface area contributed by atoms with Gasteiger partial charge in [0, 0.05) is 30.6 Å². The molecule has 3 aliphatic rings. The molecule has 0 radical (unpaired) electrons. The van der Waals surface area contributed by atoms with E-state index in [4.69, 9.17) is 32.7 Å². The van der Waals surface area contributed by atoms with Crippen molar-refractivity contribution >= 4 is 29.0 Å². The van der Waals surface area contributed by atoms with Crippen LogP contribution in [0.5, 0.6) is 11.5 Å². The molecule has 0 aliphatic heterocycles. The first kappa shape index (κ1) is 24.2. The maximum Gasteiger partial charge on any atom is 0.170 e. The van der Waals surface area contributed by atoms with Gasteiger partial charge in [-0.3, -0.25) is 15.6 Å². The molecule has 0 heterocycles. The zero-order valence-corrected chi connectivity index (χ0v) is 19.6. The predicted molar refractivity (Wildman–Crippen MR) is 123 cm³/mol. The molecule has 0 aromatic heterocycles.